The Balaban J connectivity index is 1.96. The molecule has 25 heavy (non-hydrogen) atoms. The molecule has 0 aliphatic carbocycles. The van der Waals surface area contributed by atoms with E-state index in [1.165, 1.54) is 12.1 Å². The van der Waals surface area contributed by atoms with Gasteiger partial charge in [-0.3, -0.25) is 14.9 Å². The lowest BCUT2D eigenvalue weighted by molar-refractivity contribution is -0.384. The number of benzene rings is 2. The van der Waals surface area contributed by atoms with Crippen molar-refractivity contribution < 1.29 is 14.8 Å². The van der Waals surface area contributed by atoms with E-state index in [0.29, 0.717) is 18.5 Å². The average Bonchev–Trinajstić information content (AvgIpc) is 2.59. The molecule has 2 aromatic rings. The molecule has 0 aliphatic heterocycles. The van der Waals surface area contributed by atoms with Crippen LogP contribution in [0.4, 0.5) is 5.69 Å². The molecule has 0 aliphatic rings. The van der Waals surface area contributed by atoms with Crippen molar-refractivity contribution in [1.82, 2.24) is 5.32 Å². The normalized spacial score (nSPS) is 13.0. The Labute approximate surface area is 146 Å². The minimum Gasteiger partial charge on any atom is -0.393 e. The molecule has 2 rings (SSSR count). The zero-order chi connectivity index (χ0) is 18.2. The summed E-state index contributed by atoms with van der Waals surface area (Å²) < 4.78 is 0. The number of amides is 1. The van der Waals surface area contributed by atoms with Crippen molar-refractivity contribution in [3.63, 3.8) is 0 Å². The summed E-state index contributed by atoms with van der Waals surface area (Å²) in [5.41, 5.74) is 1.62. The number of nitro groups is 1. The first kappa shape index (κ1) is 18.6. The van der Waals surface area contributed by atoms with Gasteiger partial charge >= 0.3 is 0 Å². The Kier molecular flexibility index (Phi) is 6.65. The van der Waals surface area contributed by atoms with E-state index < -0.39 is 11.0 Å². The maximum absolute atomic E-state index is 12.2. The van der Waals surface area contributed by atoms with Crippen molar-refractivity contribution in [1.29, 1.82) is 0 Å². The van der Waals surface area contributed by atoms with Gasteiger partial charge in [0.15, 0.2) is 0 Å². The van der Waals surface area contributed by atoms with E-state index >= 15 is 0 Å². The largest absolute Gasteiger partial charge is 0.393 e. The van der Waals surface area contributed by atoms with E-state index in [0.717, 1.165) is 5.56 Å². The molecule has 0 saturated heterocycles. The zero-order valence-corrected chi connectivity index (χ0v) is 14.1. The fourth-order valence-electron chi connectivity index (χ4n) is 2.74. The summed E-state index contributed by atoms with van der Waals surface area (Å²) in [7, 11) is 0. The van der Waals surface area contributed by atoms with Gasteiger partial charge in [0, 0.05) is 24.6 Å². The molecular weight excluding hydrogens is 320 g/mol. The van der Waals surface area contributed by atoms with Crippen LogP contribution in [0.25, 0.3) is 0 Å². The first-order chi connectivity index (χ1) is 12.0. The summed E-state index contributed by atoms with van der Waals surface area (Å²) in [5.74, 6) is -0.192. The molecule has 2 aromatic carbocycles. The highest BCUT2D eigenvalue weighted by Gasteiger charge is 2.16. The molecule has 0 heterocycles. The number of aliphatic hydroxyl groups excluding tert-OH is 1. The highest BCUT2D eigenvalue weighted by atomic mass is 16.6. The molecule has 0 aromatic heterocycles. The molecule has 0 radical (unpaired) electrons. The Morgan fingerprint density at radius 2 is 1.92 bits per heavy atom. The van der Waals surface area contributed by atoms with Gasteiger partial charge in [-0.15, -0.1) is 0 Å². The molecular formula is C19H22N2O4. The molecule has 0 saturated carbocycles. The van der Waals surface area contributed by atoms with Crippen LogP contribution in [0.3, 0.4) is 0 Å². The van der Waals surface area contributed by atoms with Crippen molar-refractivity contribution in [2.45, 2.75) is 31.8 Å². The van der Waals surface area contributed by atoms with Crippen LogP contribution < -0.4 is 5.32 Å². The summed E-state index contributed by atoms with van der Waals surface area (Å²) in [4.78, 5) is 22.5. The van der Waals surface area contributed by atoms with E-state index in [1.807, 2.05) is 30.3 Å². The Hall–Kier alpha value is -2.73. The minimum absolute atomic E-state index is 0.00950. The average molecular weight is 342 g/mol. The third-order valence-corrected chi connectivity index (χ3v) is 3.93. The molecule has 6 nitrogen and oxygen atoms in total. The van der Waals surface area contributed by atoms with Crippen LogP contribution in [0, 0.1) is 10.1 Å². The highest BCUT2D eigenvalue weighted by Crippen LogP contribution is 2.20. The molecule has 1 amide bonds. The number of nitrogens with zero attached hydrogens (tertiary/aromatic N) is 1. The van der Waals surface area contributed by atoms with Gasteiger partial charge in [0.2, 0.25) is 5.91 Å². The Bertz CT molecular complexity index is 716. The molecule has 6 heteroatoms. The van der Waals surface area contributed by atoms with Gasteiger partial charge in [0.25, 0.3) is 5.69 Å². The number of nitro benzene ring substituents is 1. The minimum atomic E-state index is -0.477. The molecule has 0 bridgehead atoms. The predicted octanol–water partition coefficient (Wildman–Crippen LogP) is 2.81. The Morgan fingerprint density at radius 3 is 2.56 bits per heavy atom. The van der Waals surface area contributed by atoms with Gasteiger partial charge in [-0.2, -0.15) is 0 Å². The van der Waals surface area contributed by atoms with Gasteiger partial charge in [0.05, 0.1) is 17.4 Å². The third kappa shape index (κ3) is 6.00. The summed E-state index contributed by atoms with van der Waals surface area (Å²) in [6.45, 7) is 2.13. The maximum Gasteiger partial charge on any atom is 0.269 e. The molecule has 2 unspecified atom stereocenters. The van der Waals surface area contributed by atoms with Gasteiger partial charge in [-0.1, -0.05) is 42.5 Å². The lowest BCUT2D eigenvalue weighted by atomic mass is 9.93. The number of carbonyl (C=O) groups excluding carboxylic acids is 1. The molecule has 0 fully saturated rings. The first-order valence-corrected chi connectivity index (χ1v) is 8.18. The second-order valence-electron chi connectivity index (χ2n) is 6.10. The zero-order valence-electron chi connectivity index (χ0n) is 14.1. The second kappa shape index (κ2) is 8.94. The lowest BCUT2D eigenvalue weighted by Gasteiger charge is -2.19. The first-order valence-electron chi connectivity index (χ1n) is 8.18. The summed E-state index contributed by atoms with van der Waals surface area (Å²) in [6.07, 6.45) is 0.151. The second-order valence-corrected chi connectivity index (χ2v) is 6.10. The van der Waals surface area contributed by atoms with Crippen LogP contribution in [0.15, 0.2) is 54.6 Å². The SMILES string of the molecule is CC(O)CC(CNC(=O)Cc1cccc([N+](=O)[O-])c1)c1ccccc1. The van der Waals surface area contributed by atoms with Gasteiger partial charge in [0.1, 0.15) is 0 Å². The van der Waals surface area contributed by atoms with Gasteiger partial charge in [-0.05, 0) is 24.5 Å². The number of rotatable bonds is 8. The fraction of sp³-hybridized carbons (Fsp3) is 0.316. The number of nitrogens with one attached hydrogen (secondary N) is 1. The number of aliphatic hydroxyl groups is 1. The van der Waals surface area contributed by atoms with Crippen molar-refractivity contribution in [2.75, 3.05) is 6.54 Å². The summed E-state index contributed by atoms with van der Waals surface area (Å²) in [6, 6.07) is 15.8. The maximum atomic E-state index is 12.2. The fourth-order valence-corrected chi connectivity index (χ4v) is 2.74. The van der Waals surface area contributed by atoms with Crippen molar-refractivity contribution in [3.8, 4) is 0 Å². The smallest absolute Gasteiger partial charge is 0.269 e. The summed E-state index contributed by atoms with van der Waals surface area (Å²) >= 11 is 0. The molecule has 2 N–H and O–H groups in total. The van der Waals surface area contributed by atoms with Crippen molar-refractivity contribution >= 4 is 11.6 Å². The van der Waals surface area contributed by atoms with Crippen LogP contribution in [-0.4, -0.2) is 28.6 Å². The highest BCUT2D eigenvalue weighted by molar-refractivity contribution is 5.78. The van der Waals surface area contributed by atoms with Crippen molar-refractivity contribution in [3.05, 3.63) is 75.8 Å². The van der Waals surface area contributed by atoms with E-state index in [9.17, 15) is 20.0 Å². The van der Waals surface area contributed by atoms with Crippen LogP contribution in [0.1, 0.15) is 30.4 Å². The van der Waals surface area contributed by atoms with Gasteiger partial charge in [-0.25, -0.2) is 0 Å². The molecule has 0 spiro atoms. The van der Waals surface area contributed by atoms with Crippen LogP contribution >= 0.6 is 0 Å². The van der Waals surface area contributed by atoms with Crippen LogP contribution in [-0.2, 0) is 11.2 Å². The number of carbonyl (C=O) groups is 1. The van der Waals surface area contributed by atoms with Gasteiger partial charge < -0.3 is 10.4 Å². The monoisotopic (exact) mass is 342 g/mol. The lowest BCUT2D eigenvalue weighted by Crippen LogP contribution is -2.30. The molecule has 132 valence electrons. The van der Waals surface area contributed by atoms with E-state index in [2.05, 4.69) is 5.32 Å². The summed E-state index contributed by atoms with van der Waals surface area (Å²) in [5, 5.41) is 23.3. The number of non-ortho nitro benzene ring substituents is 1. The third-order valence-electron chi connectivity index (χ3n) is 3.93. The number of hydrogen-bond acceptors (Lipinski definition) is 4. The van der Waals surface area contributed by atoms with Crippen LogP contribution in [0.5, 0.6) is 0 Å². The quantitative estimate of drug-likeness (QED) is 0.570. The van der Waals surface area contributed by atoms with Crippen LogP contribution in [0.2, 0.25) is 0 Å². The standard InChI is InChI=1S/C19H22N2O4/c1-14(22)10-17(16-7-3-2-4-8-16)13-20-19(23)12-15-6-5-9-18(11-15)21(24)25/h2-9,11,14,17,22H,10,12-13H2,1H3,(H,20,23). The predicted molar refractivity (Wildman–Crippen MR) is 95.3 cm³/mol. The number of hydrogen-bond donors (Lipinski definition) is 2. The molecule has 2 atom stereocenters. The van der Waals surface area contributed by atoms with E-state index in [4.69, 9.17) is 0 Å². The van der Waals surface area contributed by atoms with E-state index in [1.54, 1.807) is 19.1 Å². The topological polar surface area (TPSA) is 92.5 Å². The Morgan fingerprint density at radius 1 is 1.20 bits per heavy atom. The van der Waals surface area contributed by atoms with E-state index in [-0.39, 0.29) is 23.9 Å². The van der Waals surface area contributed by atoms with Crippen molar-refractivity contribution in [2.24, 2.45) is 0 Å².